The van der Waals surface area contributed by atoms with E-state index < -0.39 is 0 Å². The Hall–Kier alpha value is -0.770. The molecule has 4 heteroatoms. The summed E-state index contributed by atoms with van der Waals surface area (Å²) in [5.41, 5.74) is 5.93. The maximum atomic E-state index is 5.98. The smallest absolute Gasteiger partial charge is 0.191 e. The zero-order valence-electron chi connectivity index (χ0n) is 8.57. The maximum absolute atomic E-state index is 5.98. The number of guanidine groups is 1. The molecule has 2 saturated heterocycles. The highest BCUT2D eigenvalue weighted by atomic mass is 16.5. The molecule has 1 spiro atoms. The molecule has 0 aromatic carbocycles. The lowest BCUT2D eigenvalue weighted by molar-refractivity contribution is -0.0761. The van der Waals surface area contributed by atoms with Crippen LogP contribution in [-0.2, 0) is 4.74 Å². The van der Waals surface area contributed by atoms with Gasteiger partial charge in [-0.2, -0.15) is 0 Å². The zero-order chi connectivity index (χ0) is 9.76. The van der Waals surface area contributed by atoms with Gasteiger partial charge in [-0.1, -0.05) is 0 Å². The molecule has 0 radical (unpaired) electrons. The van der Waals surface area contributed by atoms with E-state index in [9.17, 15) is 0 Å². The zero-order valence-corrected chi connectivity index (χ0v) is 8.57. The molecular weight excluding hydrogens is 178 g/mol. The van der Waals surface area contributed by atoms with E-state index >= 15 is 0 Å². The molecule has 0 aromatic heterocycles. The van der Waals surface area contributed by atoms with Crippen molar-refractivity contribution in [3.05, 3.63) is 0 Å². The Labute approximate surface area is 84.1 Å². The Morgan fingerprint density at radius 3 is 3.07 bits per heavy atom. The molecule has 3 heterocycles. The van der Waals surface area contributed by atoms with Crippen LogP contribution in [0.2, 0.25) is 0 Å². The summed E-state index contributed by atoms with van der Waals surface area (Å²) in [5, 5.41) is 0. The molecule has 3 rings (SSSR count). The average Bonchev–Trinajstić information content (AvgIpc) is 2.71. The van der Waals surface area contributed by atoms with Crippen molar-refractivity contribution in [2.75, 3.05) is 13.6 Å². The Balaban J connectivity index is 1.90. The number of rotatable bonds is 0. The van der Waals surface area contributed by atoms with Gasteiger partial charge < -0.3 is 15.4 Å². The standard InChI is InChI=1S/C10H17N3O/c1-13-9(11)12-6-10(13)5-4-7-2-3-8(10)14-7/h7-8H,2-6H2,1H3,(H2,11,12). The molecule has 78 valence electrons. The van der Waals surface area contributed by atoms with Gasteiger partial charge in [0.05, 0.1) is 24.3 Å². The quantitative estimate of drug-likeness (QED) is 0.606. The average molecular weight is 195 g/mol. The number of ether oxygens (including phenoxy) is 1. The SMILES string of the molecule is CN1C(N)=NCC12CCC1CCC2O1. The van der Waals surface area contributed by atoms with Crippen molar-refractivity contribution in [2.45, 2.75) is 43.4 Å². The first kappa shape index (κ1) is 8.53. The van der Waals surface area contributed by atoms with Gasteiger partial charge in [-0.3, -0.25) is 4.99 Å². The van der Waals surface area contributed by atoms with Crippen LogP contribution in [0.3, 0.4) is 0 Å². The van der Waals surface area contributed by atoms with Gasteiger partial charge in [0.1, 0.15) is 0 Å². The first-order chi connectivity index (χ1) is 6.72. The summed E-state index contributed by atoms with van der Waals surface area (Å²) in [6.07, 6.45) is 5.63. The molecule has 2 bridgehead atoms. The molecule has 3 aliphatic rings. The highest BCUT2D eigenvalue weighted by molar-refractivity contribution is 5.80. The molecule has 0 aliphatic carbocycles. The second kappa shape index (κ2) is 2.63. The second-order valence-electron chi connectivity index (χ2n) is 4.70. The first-order valence-electron chi connectivity index (χ1n) is 5.41. The van der Waals surface area contributed by atoms with Gasteiger partial charge >= 0.3 is 0 Å². The number of nitrogens with two attached hydrogens (primary N) is 1. The number of likely N-dealkylation sites (N-methyl/N-ethyl adjacent to an activating group) is 1. The predicted octanol–water partition coefficient (Wildman–Crippen LogP) is 0.327. The maximum Gasteiger partial charge on any atom is 0.191 e. The van der Waals surface area contributed by atoms with Gasteiger partial charge in [0.2, 0.25) is 0 Å². The van der Waals surface area contributed by atoms with Crippen LogP contribution in [0.4, 0.5) is 0 Å². The minimum Gasteiger partial charge on any atom is -0.372 e. The molecule has 4 nitrogen and oxygen atoms in total. The number of fused-ring (bicyclic) bond motifs is 3. The van der Waals surface area contributed by atoms with Crippen molar-refractivity contribution in [1.29, 1.82) is 0 Å². The molecule has 2 fully saturated rings. The van der Waals surface area contributed by atoms with Crippen LogP contribution in [0, 0.1) is 0 Å². The van der Waals surface area contributed by atoms with Crippen LogP contribution in [0.25, 0.3) is 0 Å². The molecule has 3 aliphatic heterocycles. The van der Waals surface area contributed by atoms with Crippen LogP contribution in [0.15, 0.2) is 4.99 Å². The van der Waals surface area contributed by atoms with Gasteiger partial charge in [-0.15, -0.1) is 0 Å². The van der Waals surface area contributed by atoms with Crippen LogP contribution >= 0.6 is 0 Å². The minimum atomic E-state index is 0.0943. The molecule has 0 saturated carbocycles. The summed E-state index contributed by atoms with van der Waals surface area (Å²) in [4.78, 5) is 6.49. The monoisotopic (exact) mass is 195 g/mol. The van der Waals surface area contributed by atoms with Gasteiger partial charge in [-0.05, 0) is 25.7 Å². The molecule has 0 aromatic rings. The molecular formula is C10H17N3O. The fourth-order valence-electron chi connectivity index (χ4n) is 3.11. The lowest BCUT2D eigenvalue weighted by Crippen LogP contribution is -2.58. The van der Waals surface area contributed by atoms with Crippen LogP contribution in [0.5, 0.6) is 0 Å². The Morgan fingerprint density at radius 1 is 1.50 bits per heavy atom. The van der Waals surface area contributed by atoms with E-state index in [1.807, 2.05) is 7.05 Å². The van der Waals surface area contributed by atoms with Gasteiger partial charge in [0.15, 0.2) is 5.96 Å². The van der Waals surface area contributed by atoms with Crippen molar-refractivity contribution < 1.29 is 4.74 Å². The summed E-state index contributed by atoms with van der Waals surface area (Å²) >= 11 is 0. The molecule has 14 heavy (non-hydrogen) atoms. The molecule has 3 unspecified atom stereocenters. The molecule has 3 atom stereocenters. The third-order valence-corrected chi connectivity index (χ3v) is 4.13. The summed E-state index contributed by atoms with van der Waals surface area (Å²) in [6, 6.07) is 0. The number of hydrogen-bond acceptors (Lipinski definition) is 4. The predicted molar refractivity (Wildman–Crippen MR) is 54.1 cm³/mol. The highest BCUT2D eigenvalue weighted by Crippen LogP contribution is 2.43. The summed E-state index contributed by atoms with van der Waals surface area (Å²) in [5.74, 6) is 0.680. The third-order valence-electron chi connectivity index (χ3n) is 4.13. The molecule has 0 amide bonds. The lowest BCUT2D eigenvalue weighted by atomic mass is 9.85. The molecule has 2 N–H and O–H groups in total. The Kier molecular flexibility index (Phi) is 1.60. The largest absolute Gasteiger partial charge is 0.372 e. The summed E-state index contributed by atoms with van der Waals surface area (Å²) in [6.45, 7) is 0.826. The third kappa shape index (κ3) is 0.895. The summed E-state index contributed by atoms with van der Waals surface area (Å²) < 4.78 is 5.98. The van der Waals surface area contributed by atoms with Gasteiger partial charge in [-0.25, -0.2) is 0 Å². The normalized spacial score (nSPS) is 46.1. The van der Waals surface area contributed by atoms with E-state index in [1.165, 1.54) is 25.7 Å². The number of aliphatic imine (C=N–C) groups is 1. The van der Waals surface area contributed by atoms with E-state index in [2.05, 4.69) is 9.89 Å². The number of nitrogens with zero attached hydrogens (tertiary/aromatic N) is 2. The van der Waals surface area contributed by atoms with Gasteiger partial charge in [0.25, 0.3) is 0 Å². The van der Waals surface area contributed by atoms with E-state index in [0.717, 1.165) is 6.54 Å². The second-order valence-corrected chi connectivity index (χ2v) is 4.70. The Morgan fingerprint density at radius 2 is 2.36 bits per heavy atom. The fourth-order valence-corrected chi connectivity index (χ4v) is 3.11. The topological polar surface area (TPSA) is 50.8 Å². The van der Waals surface area contributed by atoms with Crippen molar-refractivity contribution in [3.63, 3.8) is 0 Å². The van der Waals surface area contributed by atoms with E-state index in [-0.39, 0.29) is 5.54 Å². The van der Waals surface area contributed by atoms with Crippen molar-refractivity contribution in [1.82, 2.24) is 4.90 Å². The van der Waals surface area contributed by atoms with E-state index in [1.54, 1.807) is 0 Å². The number of hydrogen-bond donors (Lipinski definition) is 1. The van der Waals surface area contributed by atoms with Crippen LogP contribution < -0.4 is 5.73 Å². The lowest BCUT2D eigenvalue weighted by Gasteiger charge is -2.44. The van der Waals surface area contributed by atoms with Crippen LogP contribution in [0.1, 0.15) is 25.7 Å². The van der Waals surface area contributed by atoms with E-state index in [4.69, 9.17) is 10.5 Å². The van der Waals surface area contributed by atoms with Gasteiger partial charge in [0, 0.05) is 7.05 Å². The fraction of sp³-hybridized carbons (Fsp3) is 0.900. The Bertz CT molecular complexity index is 291. The van der Waals surface area contributed by atoms with Crippen molar-refractivity contribution in [3.8, 4) is 0 Å². The van der Waals surface area contributed by atoms with E-state index in [0.29, 0.717) is 18.2 Å². The summed E-state index contributed by atoms with van der Waals surface area (Å²) in [7, 11) is 2.05. The van der Waals surface area contributed by atoms with Crippen molar-refractivity contribution >= 4 is 5.96 Å². The van der Waals surface area contributed by atoms with Crippen molar-refractivity contribution in [2.24, 2.45) is 10.7 Å². The first-order valence-corrected chi connectivity index (χ1v) is 5.41. The highest BCUT2D eigenvalue weighted by Gasteiger charge is 2.53. The van der Waals surface area contributed by atoms with Crippen LogP contribution in [-0.4, -0.2) is 42.2 Å². The minimum absolute atomic E-state index is 0.0943.